The van der Waals surface area contributed by atoms with Gasteiger partial charge in [0.1, 0.15) is 0 Å². The number of sulfone groups is 1. The second-order valence-electron chi connectivity index (χ2n) is 6.98. The van der Waals surface area contributed by atoms with Crippen LogP contribution in [0.3, 0.4) is 0 Å². The molecule has 30 heavy (non-hydrogen) atoms. The number of benzene rings is 2. The summed E-state index contributed by atoms with van der Waals surface area (Å²) in [6.45, 7) is 4.25. The molecule has 0 fully saturated rings. The molecule has 3 rings (SSSR count). The fourth-order valence-corrected chi connectivity index (χ4v) is 4.11. The molecule has 1 aliphatic rings. The van der Waals surface area contributed by atoms with Crippen molar-refractivity contribution >= 4 is 39.8 Å². The van der Waals surface area contributed by atoms with Crippen LogP contribution in [0.2, 0.25) is 0 Å². The summed E-state index contributed by atoms with van der Waals surface area (Å²) in [5, 5.41) is 6.52. The van der Waals surface area contributed by atoms with Crippen molar-refractivity contribution in [1.82, 2.24) is 10.6 Å². The van der Waals surface area contributed by atoms with Crippen LogP contribution >= 0.6 is 24.0 Å². The molecule has 0 saturated heterocycles. The van der Waals surface area contributed by atoms with Crippen molar-refractivity contribution in [2.75, 3.05) is 26.5 Å². The number of halogens is 1. The molecule has 0 atom stereocenters. The fourth-order valence-electron chi connectivity index (χ4n) is 3.15. The number of aliphatic imine (C=N–C) groups is 1. The van der Waals surface area contributed by atoms with Crippen molar-refractivity contribution in [2.24, 2.45) is 4.99 Å². The van der Waals surface area contributed by atoms with Gasteiger partial charge in [0, 0.05) is 32.8 Å². The van der Waals surface area contributed by atoms with Crippen LogP contribution in [0.1, 0.15) is 23.1 Å². The van der Waals surface area contributed by atoms with E-state index in [4.69, 9.17) is 9.47 Å². The van der Waals surface area contributed by atoms with Crippen LogP contribution in [-0.2, 0) is 22.9 Å². The van der Waals surface area contributed by atoms with E-state index in [9.17, 15) is 8.42 Å². The minimum absolute atomic E-state index is 0. The number of rotatable bonds is 5. The highest BCUT2D eigenvalue weighted by Crippen LogP contribution is 2.30. The Morgan fingerprint density at radius 3 is 2.20 bits per heavy atom. The van der Waals surface area contributed by atoms with Gasteiger partial charge in [-0.2, -0.15) is 0 Å². The SMILES string of the molecule is CN=C(NCc1ccc(S(C)(=O)=O)c(C)c1)NCc1ccc2c(c1)OCCCO2.I. The first-order valence-electron chi connectivity index (χ1n) is 9.49. The van der Waals surface area contributed by atoms with E-state index in [-0.39, 0.29) is 24.0 Å². The Morgan fingerprint density at radius 2 is 1.60 bits per heavy atom. The van der Waals surface area contributed by atoms with E-state index >= 15 is 0 Å². The highest BCUT2D eigenvalue weighted by molar-refractivity contribution is 14.0. The Balaban J connectivity index is 0.00000320. The van der Waals surface area contributed by atoms with Gasteiger partial charge in [-0.25, -0.2) is 8.42 Å². The van der Waals surface area contributed by atoms with E-state index in [1.54, 1.807) is 20.0 Å². The van der Waals surface area contributed by atoms with Gasteiger partial charge in [0.25, 0.3) is 0 Å². The molecule has 1 heterocycles. The first-order valence-corrected chi connectivity index (χ1v) is 11.4. The van der Waals surface area contributed by atoms with Gasteiger partial charge >= 0.3 is 0 Å². The van der Waals surface area contributed by atoms with Crippen LogP contribution in [-0.4, -0.2) is 40.9 Å². The topological polar surface area (TPSA) is 89.0 Å². The molecular formula is C21H28IN3O4S. The predicted molar refractivity (Wildman–Crippen MR) is 129 cm³/mol. The van der Waals surface area contributed by atoms with Gasteiger partial charge in [0.05, 0.1) is 18.1 Å². The van der Waals surface area contributed by atoms with E-state index in [0.29, 0.717) is 37.2 Å². The molecule has 2 N–H and O–H groups in total. The zero-order valence-corrected chi connectivity index (χ0v) is 20.5. The summed E-state index contributed by atoms with van der Waals surface area (Å²) in [6.07, 6.45) is 2.10. The van der Waals surface area contributed by atoms with Crippen LogP contribution in [0.15, 0.2) is 46.3 Å². The number of nitrogens with zero attached hydrogens (tertiary/aromatic N) is 1. The van der Waals surface area contributed by atoms with Gasteiger partial charge in [-0.1, -0.05) is 18.2 Å². The third-order valence-corrected chi connectivity index (χ3v) is 5.85. The molecule has 2 aromatic rings. The molecule has 0 aromatic heterocycles. The fraction of sp³-hybridized carbons (Fsp3) is 0.381. The van der Waals surface area contributed by atoms with Crippen LogP contribution in [0.5, 0.6) is 11.5 Å². The van der Waals surface area contributed by atoms with Crippen LogP contribution in [0.4, 0.5) is 0 Å². The molecule has 7 nitrogen and oxygen atoms in total. The lowest BCUT2D eigenvalue weighted by molar-refractivity contribution is 0.297. The Hall–Kier alpha value is -2.01. The minimum Gasteiger partial charge on any atom is -0.490 e. The lowest BCUT2D eigenvalue weighted by atomic mass is 10.1. The monoisotopic (exact) mass is 545 g/mol. The summed E-state index contributed by atoms with van der Waals surface area (Å²) in [7, 11) is -1.50. The predicted octanol–water partition coefficient (Wildman–Crippen LogP) is 3.04. The highest BCUT2D eigenvalue weighted by atomic mass is 127. The quantitative estimate of drug-likeness (QED) is 0.341. The summed E-state index contributed by atoms with van der Waals surface area (Å²) in [6, 6.07) is 11.2. The zero-order chi connectivity index (χ0) is 20.9. The molecule has 1 aliphatic heterocycles. The molecule has 0 saturated carbocycles. The second kappa shape index (κ2) is 10.9. The Kier molecular flexibility index (Phi) is 8.78. The zero-order valence-electron chi connectivity index (χ0n) is 17.4. The number of guanidine groups is 1. The molecule has 0 amide bonds. The van der Waals surface area contributed by atoms with Crippen molar-refractivity contribution in [3.05, 3.63) is 53.1 Å². The van der Waals surface area contributed by atoms with Gasteiger partial charge in [-0.05, 0) is 41.8 Å². The van der Waals surface area contributed by atoms with Crippen LogP contribution in [0.25, 0.3) is 0 Å². The summed E-state index contributed by atoms with van der Waals surface area (Å²) < 4.78 is 34.9. The third-order valence-electron chi connectivity index (χ3n) is 4.59. The maximum absolute atomic E-state index is 11.7. The Morgan fingerprint density at radius 1 is 1.00 bits per heavy atom. The normalized spacial score (nSPS) is 13.8. The second-order valence-corrected chi connectivity index (χ2v) is 8.97. The van der Waals surface area contributed by atoms with E-state index in [1.807, 2.05) is 30.3 Å². The lowest BCUT2D eigenvalue weighted by Crippen LogP contribution is -2.36. The van der Waals surface area contributed by atoms with E-state index in [1.165, 1.54) is 6.26 Å². The van der Waals surface area contributed by atoms with E-state index in [0.717, 1.165) is 34.6 Å². The molecule has 0 unspecified atom stereocenters. The molecular weight excluding hydrogens is 517 g/mol. The number of hydrogen-bond acceptors (Lipinski definition) is 5. The maximum Gasteiger partial charge on any atom is 0.191 e. The third kappa shape index (κ3) is 6.49. The Labute approximate surface area is 195 Å². The number of aryl methyl sites for hydroxylation is 1. The highest BCUT2D eigenvalue weighted by Gasteiger charge is 2.12. The molecule has 2 aromatic carbocycles. The van der Waals surface area contributed by atoms with Crippen molar-refractivity contribution in [3.63, 3.8) is 0 Å². The molecule has 164 valence electrons. The molecule has 0 radical (unpaired) electrons. The van der Waals surface area contributed by atoms with Crippen molar-refractivity contribution in [1.29, 1.82) is 0 Å². The first kappa shape index (κ1) is 24.3. The standard InChI is InChI=1S/C21H27N3O4S.HI/c1-15-11-16(6-8-20(15)29(3,25)26)13-23-21(22-2)24-14-17-5-7-18-19(12-17)28-10-4-9-27-18;/h5-8,11-12H,4,9-10,13-14H2,1-3H3,(H2,22,23,24);1H. The molecule has 0 aliphatic carbocycles. The van der Waals surface area contributed by atoms with Gasteiger partial charge < -0.3 is 20.1 Å². The molecule has 9 heteroatoms. The number of ether oxygens (including phenoxy) is 2. The number of hydrogen-bond donors (Lipinski definition) is 2. The van der Waals surface area contributed by atoms with Gasteiger partial charge in [0.2, 0.25) is 0 Å². The van der Waals surface area contributed by atoms with Gasteiger partial charge in [0.15, 0.2) is 27.3 Å². The van der Waals surface area contributed by atoms with Gasteiger partial charge in [-0.15, -0.1) is 24.0 Å². The van der Waals surface area contributed by atoms with E-state index < -0.39 is 9.84 Å². The largest absolute Gasteiger partial charge is 0.490 e. The lowest BCUT2D eigenvalue weighted by Gasteiger charge is -2.14. The smallest absolute Gasteiger partial charge is 0.191 e. The van der Waals surface area contributed by atoms with Crippen molar-refractivity contribution in [3.8, 4) is 11.5 Å². The number of fused-ring (bicyclic) bond motifs is 1. The average molecular weight is 545 g/mol. The van der Waals surface area contributed by atoms with Crippen molar-refractivity contribution < 1.29 is 17.9 Å². The van der Waals surface area contributed by atoms with E-state index in [2.05, 4.69) is 15.6 Å². The van der Waals surface area contributed by atoms with Crippen LogP contribution < -0.4 is 20.1 Å². The number of nitrogens with one attached hydrogen (secondary N) is 2. The summed E-state index contributed by atoms with van der Waals surface area (Å²) in [4.78, 5) is 4.60. The summed E-state index contributed by atoms with van der Waals surface area (Å²) in [5.74, 6) is 2.20. The molecule has 0 bridgehead atoms. The van der Waals surface area contributed by atoms with Crippen molar-refractivity contribution in [2.45, 2.75) is 31.3 Å². The first-order chi connectivity index (χ1) is 13.9. The Bertz CT molecular complexity index is 1010. The summed E-state index contributed by atoms with van der Waals surface area (Å²) in [5.41, 5.74) is 2.78. The van der Waals surface area contributed by atoms with Crippen LogP contribution in [0, 0.1) is 6.92 Å². The maximum atomic E-state index is 11.7. The van der Waals surface area contributed by atoms with Gasteiger partial charge in [-0.3, -0.25) is 4.99 Å². The average Bonchev–Trinajstić information content (AvgIpc) is 2.92. The molecule has 0 spiro atoms. The summed E-state index contributed by atoms with van der Waals surface area (Å²) >= 11 is 0. The minimum atomic E-state index is -3.21.